The SMILES string of the molecule is CCCCC[C@H]1CC[C@H](/C=C/C#Cc2ccc(Cl)c(F)c2)CC1. The van der Waals surface area contributed by atoms with Gasteiger partial charge in [-0.3, -0.25) is 0 Å². The molecule has 0 radical (unpaired) electrons. The van der Waals surface area contributed by atoms with Crippen molar-refractivity contribution in [3.8, 4) is 11.8 Å². The first-order chi connectivity index (χ1) is 11.2. The van der Waals surface area contributed by atoms with Gasteiger partial charge in [-0.2, -0.15) is 0 Å². The van der Waals surface area contributed by atoms with E-state index in [4.69, 9.17) is 11.6 Å². The molecule has 1 saturated carbocycles. The molecule has 0 bridgehead atoms. The van der Waals surface area contributed by atoms with E-state index >= 15 is 0 Å². The highest BCUT2D eigenvalue weighted by atomic mass is 35.5. The second kappa shape index (κ2) is 9.78. The molecule has 0 aliphatic heterocycles. The van der Waals surface area contributed by atoms with Crippen LogP contribution in [0, 0.1) is 29.5 Å². The number of hydrogen-bond acceptors (Lipinski definition) is 0. The fourth-order valence-corrected chi connectivity index (χ4v) is 3.35. The van der Waals surface area contributed by atoms with Crippen LogP contribution in [0.5, 0.6) is 0 Å². The van der Waals surface area contributed by atoms with Gasteiger partial charge in [-0.25, -0.2) is 4.39 Å². The van der Waals surface area contributed by atoms with Crippen molar-refractivity contribution < 1.29 is 4.39 Å². The lowest BCUT2D eigenvalue weighted by Gasteiger charge is -2.26. The fraction of sp³-hybridized carbons (Fsp3) is 0.524. The van der Waals surface area contributed by atoms with Crippen LogP contribution in [0.3, 0.4) is 0 Å². The maximum atomic E-state index is 13.3. The van der Waals surface area contributed by atoms with Gasteiger partial charge < -0.3 is 0 Å². The average molecular weight is 333 g/mol. The Bertz CT molecular complexity index is 571. The molecule has 1 fully saturated rings. The van der Waals surface area contributed by atoms with Gasteiger partial charge in [0.05, 0.1) is 5.02 Å². The van der Waals surface area contributed by atoms with Crippen molar-refractivity contribution >= 4 is 11.6 Å². The molecule has 1 aliphatic carbocycles. The minimum atomic E-state index is -0.413. The first-order valence-corrected chi connectivity index (χ1v) is 9.20. The number of allylic oxidation sites excluding steroid dienone is 2. The Morgan fingerprint density at radius 3 is 2.70 bits per heavy atom. The summed E-state index contributed by atoms with van der Waals surface area (Å²) in [5, 5.41) is 0.141. The zero-order valence-electron chi connectivity index (χ0n) is 14.0. The summed E-state index contributed by atoms with van der Waals surface area (Å²) in [5.74, 6) is 7.16. The minimum absolute atomic E-state index is 0.141. The molecule has 0 heterocycles. The normalized spacial score (nSPS) is 21.2. The van der Waals surface area contributed by atoms with Crippen LogP contribution in [-0.4, -0.2) is 0 Å². The standard InChI is InChI=1S/C21H26ClF/c1-2-3-4-7-17-10-12-18(13-11-17)8-5-6-9-19-14-15-20(22)21(23)16-19/h5,8,14-18H,2-4,7,10-13H2,1H3/b8-5+/t17-,18-. The van der Waals surface area contributed by atoms with Gasteiger partial charge >= 0.3 is 0 Å². The van der Waals surface area contributed by atoms with Gasteiger partial charge in [0.15, 0.2) is 0 Å². The summed E-state index contributed by atoms with van der Waals surface area (Å²) < 4.78 is 13.3. The smallest absolute Gasteiger partial charge is 0.143 e. The molecular weight excluding hydrogens is 307 g/mol. The lowest BCUT2D eigenvalue weighted by atomic mass is 9.79. The number of unbranched alkanes of at least 4 members (excludes halogenated alkanes) is 2. The molecule has 0 N–H and O–H groups in total. The molecule has 0 spiro atoms. The van der Waals surface area contributed by atoms with E-state index in [1.807, 2.05) is 6.08 Å². The topological polar surface area (TPSA) is 0 Å². The molecule has 0 saturated heterocycles. The summed E-state index contributed by atoms with van der Waals surface area (Å²) in [5.41, 5.74) is 0.663. The zero-order chi connectivity index (χ0) is 16.5. The Kier molecular flexibility index (Phi) is 7.69. The first kappa shape index (κ1) is 18.1. The lowest BCUT2D eigenvalue weighted by molar-refractivity contribution is 0.289. The Morgan fingerprint density at radius 1 is 1.22 bits per heavy atom. The van der Waals surface area contributed by atoms with E-state index in [0.717, 1.165) is 5.92 Å². The van der Waals surface area contributed by atoms with Crippen LogP contribution in [0.1, 0.15) is 63.9 Å². The van der Waals surface area contributed by atoms with Gasteiger partial charge in [0.1, 0.15) is 5.82 Å². The zero-order valence-corrected chi connectivity index (χ0v) is 14.7. The van der Waals surface area contributed by atoms with Crippen molar-refractivity contribution in [1.82, 2.24) is 0 Å². The van der Waals surface area contributed by atoms with Crippen LogP contribution in [0.25, 0.3) is 0 Å². The molecule has 124 valence electrons. The highest BCUT2D eigenvalue weighted by Crippen LogP contribution is 2.32. The molecule has 0 nitrogen and oxygen atoms in total. The summed E-state index contributed by atoms with van der Waals surface area (Å²) in [6.07, 6.45) is 14.9. The molecule has 1 aromatic rings. The van der Waals surface area contributed by atoms with E-state index in [-0.39, 0.29) is 5.02 Å². The third-order valence-corrected chi connectivity index (χ3v) is 5.00. The average Bonchev–Trinajstić information content (AvgIpc) is 2.56. The van der Waals surface area contributed by atoms with Crippen LogP contribution in [0.4, 0.5) is 4.39 Å². The quantitative estimate of drug-likeness (QED) is 0.412. The van der Waals surface area contributed by atoms with Gasteiger partial charge in [0, 0.05) is 5.56 Å². The van der Waals surface area contributed by atoms with E-state index in [1.54, 1.807) is 12.1 Å². The molecule has 2 heteroatoms. The Hall–Kier alpha value is -1.26. The van der Waals surface area contributed by atoms with Crippen LogP contribution in [0.2, 0.25) is 5.02 Å². The molecule has 0 aromatic heterocycles. The van der Waals surface area contributed by atoms with Gasteiger partial charge in [0.25, 0.3) is 0 Å². The fourth-order valence-electron chi connectivity index (χ4n) is 3.24. The van der Waals surface area contributed by atoms with Gasteiger partial charge in [-0.05, 0) is 61.8 Å². The van der Waals surface area contributed by atoms with Crippen LogP contribution in [-0.2, 0) is 0 Å². The maximum Gasteiger partial charge on any atom is 0.143 e. The molecule has 0 amide bonds. The first-order valence-electron chi connectivity index (χ1n) is 8.82. The summed E-state index contributed by atoms with van der Waals surface area (Å²) in [7, 11) is 0. The predicted octanol–water partition coefficient (Wildman–Crippen LogP) is 6.77. The minimum Gasteiger partial charge on any atom is -0.205 e. The second-order valence-electron chi connectivity index (χ2n) is 6.53. The third-order valence-electron chi connectivity index (χ3n) is 4.70. The van der Waals surface area contributed by atoms with Gasteiger partial charge in [0.2, 0.25) is 0 Å². The van der Waals surface area contributed by atoms with Gasteiger partial charge in [-0.1, -0.05) is 62.1 Å². The monoisotopic (exact) mass is 332 g/mol. The predicted molar refractivity (Wildman–Crippen MR) is 97.0 cm³/mol. The highest BCUT2D eigenvalue weighted by Gasteiger charge is 2.18. The number of halogens is 2. The van der Waals surface area contributed by atoms with E-state index < -0.39 is 5.82 Å². The van der Waals surface area contributed by atoms with Crippen LogP contribution < -0.4 is 0 Å². The van der Waals surface area contributed by atoms with Crippen molar-refractivity contribution in [3.63, 3.8) is 0 Å². The molecule has 1 aliphatic rings. The van der Waals surface area contributed by atoms with Crippen molar-refractivity contribution in [2.75, 3.05) is 0 Å². The van der Waals surface area contributed by atoms with E-state index in [1.165, 1.54) is 57.4 Å². The summed E-state index contributed by atoms with van der Waals surface area (Å²) >= 11 is 5.66. The molecule has 0 atom stereocenters. The molecular formula is C21H26ClF. The largest absolute Gasteiger partial charge is 0.205 e. The summed E-state index contributed by atoms with van der Waals surface area (Å²) in [4.78, 5) is 0. The van der Waals surface area contributed by atoms with E-state index in [9.17, 15) is 4.39 Å². The summed E-state index contributed by atoms with van der Waals surface area (Å²) in [6.45, 7) is 2.27. The Morgan fingerprint density at radius 2 is 2.00 bits per heavy atom. The van der Waals surface area contributed by atoms with Crippen molar-refractivity contribution in [2.24, 2.45) is 11.8 Å². The lowest BCUT2D eigenvalue weighted by Crippen LogP contribution is -2.12. The van der Waals surface area contributed by atoms with Gasteiger partial charge in [-0.15, -0.1) is 0 Å². The number of benzene rings is 1. The van der Waals surface area contributed by atoms with Crippen molar-refractivity contribution in [3.05, 3.63) is 46.8 Å². The highest BCUT2D eigenvalue weighted by molar-refractivity contribution is 6.30. The van der Waals surface area contributed by atoms with E-state index in [0.29, 0.717) is 11.5 Å². The van der Waals surface area contributed by atoms with Crippen LogP contribution in [0.15, 0.2) is 30.4 Å². The summed E-state index contributed by atoms with van der Waals surface area (Å²) in [6, 6.07) is 4.67. The number of rotatable bonds is 5. The van der Waals surface area contributed by atoms with Crippen molar-refractivity contribution in [1.29, 1.82) is 0 Å². The molecule has 0 unspecified atom stereocenters. The Balaban J connectivity index is 1.75. The van der Waals surface area contributed by atoms with E-state index in [2.05, 4.69) is 24.8 Å². The Labute approximate surface area is 145 Å². The van der Waals surface area contributed by atoms with Crippen molar-refractivity contribution in [2.45, 2.75) is 58.3 Å². The van der Waals surface area contributed by atoms with Crippen LogP contribution >= 0.6 is 11.6 Å². The third kappa shape index (κ3) is 6.40. The number of hydrogen-bond donors (Lipinski definition) is 0. The second-order valence-corrected chi connectivity index (χ2v) is 6.94. The molecule has 2 rings (SSSR count). The molecule has 23 heavy (non-hydrogen) atoms. The maximum absolute atomic E-state index is 13.3. The molecule has 1 aromatic carbocycles.